The van der Waals surface area contributed by atoms with E-state index in [9.17, 15) is 35.9 Å². The van der Waals surface area contributed by atoms with Crippen molar-refractivity contribution >= 4 is 17.7 Å². The van der Waals surface area contributed by atoms with Crippen LogP contribution in [0.25, 0.3) is 0 Å². The monoisotopic (exact) mass is 521 g/mol. The summed E-state index contributed by atoms with van der Waals surface area (Å²) in [5.74, 6) is -0.491. The fourth-order valence-corrected chi connectivity index (χ4v) is 4.18. The second kappa shape index (κ2) is 9.55. The van der Waals surface area contributed by atoms with Gasteiger partial charge in [0, 0.05) is 64.7 Å². The molecule has 2 aliphatic heterocycles. The van der Waals surface area contributed by atoms with E-state index >= 15 is 0 Å². The Morgan fingerprint density at radius 1 is 1.06 bits per heavy atom. The van der Waals surface area contributed by atoms with Gasteiger partial charge in [0.2, 0.25) is 11.9 Å². The zero-order valence-corrected chi connectivity index (χ0v) is 18.8. The summed E-state index contributed by atoms with van der Waals surface area (Å²) in [6.07, 6.45) is -8.34. The van der Waals surface area contributed by atoms with Crippen molar-refractivity contribution in [1.29, 1.82) is 0 Å². The number of aromatic nitrogens is 4. The molecule has 1 N–H and O–H groups in total. The Morgan fingerprint density at radius 2 is 1.69 bits per heavy atom. The summed E-state index contributed by atoms with van der Waals surface area (Å²) in [7, 11) is 1.42. The molecule has 10 nitrogen and oxygen atoms in total. The van der Waals surface area contributed by atoms with Gasteiger partial charge in [-0.05, 0) is 0 Å². The summed E-state index contributed by atoms with van der Waals surface area (Å²) in [5, 5.41) is 5.55. The van der Waals surface area contributed by atoms with Crippen LogP contribution in [0.15, 0.2) is 23.3 Å². The van der Waals surface area contributed by atoms with Gasteiger partial charge in [-0.2, -0.15) is 31.4 Å². The largest absolute Gasteiger partial charge is 0.421 e. The molecule has 36 heavy (non-hydrogen) atoms. The van der Waals surface area contributed by atoms with E-state index in [-0.39, 0.29) is 56.8 Å². The number of carbonyl (C=O) groups is 1. The number of hydrogen-bond donors (Lipinski definition) is 1. The molecule has 0 aliphatic carbocycles. The molecular formula is C20H21F6N7O3. The molecule has 0 aromatic carbocycles. The number of methoxy groups -OCH3 is 1. The molecule has 2 aromatic heterocycles. The van der Waals surface area contributed by atoms with E-state index in [1.165, 1.54) is 16.9 Å². The number of ether oxygens (including phenoxy) is 1. The summed E-state index contributed by atoms with van der Waals surface area (Å²) in [4.78, 5) is 37.0. The normalized spacial score (nSPS) is 21.2. The van der Waals surface area contributed by atoms with Gasteiger partial charge < -0.3 is 19.4 Å². The molecule has 4 heterocycles. The minimum Gasteiger partial charge on any atom is -0.380 e. The summed E-state index contributed by atoms with van der Waals surface area (Å²) >= 11 is 0. The van der Waals surface area contributed by atoms with Gasteiger partial charge in [-0.1, -0.05) is 0 Å². The first-order valence-electron chi connectivity index (χ1n) is 10.8. The van der Waals surface area contributed by atoms with Crippen LogP contribution in [0.3, 0.4) is 0 Å². The maximum atomic E-state index is 13.3. The number of rotatable bonds is 4. The summed E-state index contributed by atoms with van der Waals surface area (Å²) in [5.41, 5.74) is -3.79. The number of piperazine rings is 1. The van der Waals surface area contributed by atoms with E-state index < -0.39 is 41.2 Å². The quantitative estimate of drug-likeness (QED) is 0.604. The number of nitrogens with one attached hydrogen (secondary N) is 1. The van der Waals surface area contributed by atoms with Crippen molar-refractivity contribution in [3.8, 4) is 0 Å². The topological polar surface area (TPSA) is 108 Å². The molecule has 2 fully saturated rings. The number of hydrogen-bond acceptors (Lipinski definition) is 8. The molecule has 0 spiro atoms. The lowest BCUT2D eigenvalue weighted by Gasteiger charge is -2.37. The van der Waals surface area contributed by atoms with Crippen molar-refractivity contribution in [1.82, 2.24) is 25.1 Å². The average Bonchev–Trinajstić information content (AvgIpc) is 3.27. The molecule has 2 aromatic rings. The maximum Gasteiger partial charge on any atom is 0.421 e. The van der Waals surface area contributed by atoms with Crippen LogP contribution in [0.2, 0.25) is 0 Å². The fourth-order valence-electron chi connectivity index (χ4n) is 4.18. The van der Waals surface area contributed by atoms with Crippen molar-refractivity contribution in [2.45, 2.75) is 30.9 Å². The van der Waals surface area contributed by atoms with E-state index in [0.29, 0.717) is 18.5 Å². The van der Waals surface area contributed by atoms with Gasteiger partial charge in [0.1, 0.15) is 11.6 Å². The molecule has 2 saturated heterocycles. The number of anilines is 2. The van der Waals surface area contributed by atoms with Gasteiger partial charge in [-0.25, -0.2) is 15.1 Å². The second-order valence-corrected chi connectivity index (χ2v) is 8.31. The number of alkyl halides is 6. The zero-order chi connectivity index (χ0) is 26.3. The van der Waals surface area contributed by atoms with E-state index in [1.807, 2.05) is 5.10 Å². The molecule has 1 amide bonds. The number of nitrogens with zero attached hydrogens (tertiary/aromatic N) is 6. The summed E-state index contributed by atoms with van der Waals surface area (Å²) in [6, 6.07) is -0.278. The second-order valence-electron chi connectivity index (χ2n) is 8.31. The summed E-state index contributed by atoms with van der Waals surface area (Å²) in [6.45, 7) is 0.956. The highest BCUT2D eigenvalue weighted by Gasteiger charge is 2.42. The first-order chi connectivity index (χ1) is 16.9. The lowest BCUT2D eigenvalue weighted by Crippen LogP contribution is -2.54. The standard InChI is InChI=1S/C20H21F6N7O3/c1-36-12-6-14(33(10-12)15-7-13(20(24,25)26)16(34)30-29-15)17(35)31-2-4-32(5-3-31)18-27-8-11(9-28-18)19(21,22)23/h7-9,12,14H,2-6,10H2,1H3,(H,30,34)/t12-,14+/m1/s1. The Balaban J connectivity index is 1.47. The van der Waals surface area contributed by atoms with Gasteiger partial charge in [0.25, 0.3) is 5.56 Å². The van der Waals surface area contributed by atoms with Gasteiger partial charge in [0.15, 0.2) is 5.82 Å². The molecule has 0 radical (unpaired) electrons. The SMILES string of the molecule is CO[C@@H]1C[C@@H](C(=O)N2CCN(c3ncc(C(F)(F)F)cn3)CC2)N(c2cc(C(F)(F)F)c(=O)[nH]n2)C1. The third-order valence-electron chi connectivity index (χ3n) is 6.11. The average molecular weight is 521 g/mol. The molecule has 2 aliphatic rings. The molecule has 16 heteroatoms. The maximum absolute atomic E-state index is 13.3. The highest BCUT2D eigenvalue weighted by molar-refractivity contribution is 5.86. The lowest BCUT2D eigenvalue weighted by atomic mass is 10.1. The van der Waals surface area contributed by atoms with Gasteiger partial charge in [0.05, 0.1) is 11.7 Å². The van der Waals surface area contributed by atoms with Crippen LogP contribution < -0.4 is 15.4 Å². The number of aromatic amines is 1. The van der Waals surface area contributed by atoms with Crippen molar-refractivity contribution in [3.05, 3.63) is 39.9 Å². The zero-order valence-electron chi connectivity index (χ0n) is 18.8. The number of H-pyrrole nitrogens is 1. The van der Waals surface area contributed by atoms with Crippen LogP contribution in [-0.2, 0) is 21.9 Å². The predicted molar refractivity (Wildman–Crippen MR) is 112 cm³/mol. The fraction of sp³-hybridized carbons (Fsp3) is 0.550. The first kappa shape index (κ1) is 25.7. The van der Waals surface area contributed by atoms with E-state index in [0.717, 1.165) is 0 Å². The van der Waals surface area contributed by atoms with E-state index in [1.54, 1.807) is 4.90 Å². The molecule has 0 saturated carbocycles. The Hall–Kier alpha value is -3.43. The third-order valence-corrected chi connectivity index (χ3v) is 6.11. The minimum atomic E-state index is -4.90. The molecule has 0 bridgehead atoms. The smallest absolute Gasteiger partial charge is 0.380 e. The Labute approximate surface area is 199 Å². The molecule has 2 atom stereocenters. The number of amides is 1. The summed E-state index contributed by atoms with van der Waals surface area (Å²) < 4.78 is 83.2. The van der Waals surface area contributed by atoms with E-state index in [4.69, 9.17) is 4.74 Å². The Bertz CT molecular complexity index is 1150. The third kappa shape index (κ3) is 5.22. The molecule has 4 rings (SSSR count). The van der Waals surface area contributed by atoms with Crippen LogP contribution in [0.1, 0.15) is 17.5 Å². The Morgan fingerprint density at radius 3 is 2.25 bits per heavy atom. The highest BCUT2D eigenvalue weighted by atomic mass is 19.4. The van der Waals surface area contributed by atoms with Crippen molar-refractivity contribution in [3.63, 3.8) is 0 Å². The van der Waals surface area contributed by atoms with Gasteiger partial charge in [-0.3, -0.25) is 9.59 Å². The van der Waals surface area contributed by atoms with Crippen LogP contribution in [0, 0.1) is 0 Å². The lowest BCUT2D eigenvalue weighted by molar-refractivity contribution is -0.139. The van der Waals surface area contributed by atoms with Crippen LogP contribution in [-0.4, -0.2) is 83.0 Å². The van der Waals surface area contributed by atoms with Crippen LogP contribution >= 0.6 is 0 Å². The van der Waals surface area contributed by atoms with Crippen molar-refractivity contribution in [2.24, 2.45) is 0 Å². The highest BCUT2D eigenvalue weighted by Crippen LogP contribution is 2.32. The van der Waals surface area contributed by atoms with Crippen molar-refractivity contribution in [2.75, 3.05) is 49.6 Å². The molecule has 196 valence electrons. The molecule has 0 unspecified atom stereocenters. The Kier molecular flexibility index (Phi) is 6.81. The van der Waals surface area contributed by atoms with Crippen LogP contribution in [0.5, 0.6) is 0 Å². The molecular weight excluding hydrogens is 500 g/mol. The number of halogens is 6. The number of carbonyl (C=O) groups excluding carboxylic acids is 1. The van der Waals surface area contributed by atoms with Gasteiger partial charge in [-0.15, -0.1) is 0 Å². The van der Waals surface area contributed by atoms with Gasteiger partial charge >= 0.3 is 12.4 Å². The predicted octanol–water partition coefficient (Wildman–Crippen LogP) is 1.54. The first-order valence-corrected chi connectivity index (χ1v) is 10.8. The van der Waals surface area contributed by atoms with Crippen LogP contribution in [0.4, 0.5) is 38.1 Å². The minimum absolute atomic E-state index is 0.0859. The van der Waals surface area contributed by atoms with E-state index in [2.05, 4.69) is 15.1 Å². The van der Waals surface area contributed by atoms with Crippen molar-refractivity contribution < 1.29 is 35.9 Å².